The number of hydrogen-bond donors (Lipinski definition) is 1. The maximum atomic E-state index is 11.0. The lowest BCUT2D eigenvalue weighted by atomic mass is 10.00. The van der Waals surface area contributed by atoms with Gasteiger partial charge in [0.2, 0.25) is 12.1 Å². The number of aliphatic hydroxyl groups is 1. The largest absolute Gasteiger partial charge is 0.406 e. The second kappa shape index (κ2) is 3.94. The van der Waals surface area contributed by atoms with E-state index in [0.29, 0.717) is 18.3 Å². The fourth-order valence-electron chi connectivity index (χ4n) is 3.31. The molecule has 7 heteroatoms. The van der Waals surface area contributed by atoms with Crippen molar-refractivity contribution in [1.82, 2.24) is 9.55 Å². The van der Waals surface area contributed by atoms with Crippen molar-refractivity contribution < 1.29 is 10.0 Å². The van der Waals surface area contributed by atoms with Crippen molar-refractivity contribution in [2.24, 2.45) is 18.9 Å². The molecule has 0 amide bonds. The lowest BCUT2D eigenvalue weighted by Gasteiger charge is -2.19. The zero-order valence-electron chi connectivity index (χ0n) is 10.2. The second-order valence-electron chi connectivity index (χ2n) is 5.23. The Kier molecular flexibility index (Phi) is 2.51. The molecular weight excluding hydrogens is 236 g/mol. The third-order valence-electron chi connectivity index (χ3n) is 4.18. The first-order chi connectivity index (χ1) is 8.58. The summed E-state index contributed by atoms with van der Waals surface area (Å²) in [6.45, 7) is 1.47. The Bertz CT molecular complexity index is 487. The number of anilines is 1. The van der Waals surface area contributed by atoms with Crippen LogP contribution in [0, 0.1) is 22.0 Å². The van der Waals surface area contributed by atoms with E-state index in [2.05, 4.69) is 4.98 Å². The topological polar surface area (TPSA) is 84.4 Å². The molecule has 2 heterocycles. The van der Waals surface area contributed by atoms with Gasteiger partial charge in [-0.2, -0.15) is 0 Å². The minimum absolute atomic E-state index is 0.0908. The van der Waals surface area contributed by atoms with Crippen LogP contribution in [0.15, 0.2) is 6.33 Å². The fraction of sp³-hybridized carbons (Fsp3) is 0.727. The van der Waals surface area contributed by atoms with Crippen LogP contribution in [0.4, 0.5) is 11.6 Å². The third-order valence-corrected chi connectivity index (χ3v) is 4.18. The highest BCUT2D eigenvalue weighted by Gasteiger charge is 2.44. The number of nitro groups is 1. The molecule has 1 saturated carbocycles. The summed E-state index contributed by atoms with van der Waals surface area (Å²) in [5, 5.41) is 20.8. The first-order valence-corrected chi connectivity index (χ1v) is 6.16. The van der Waals surface area contributed by atoms with Gasteiger partial charge in [0.1, 0.15) is 0 Å². The van der Waals surface area contributed by atoms with Crippen molar-refractivity contribution in [3.05, 3.63) is 16.4 Å². The van der Waals surface area contributed by atoms with E-state index in [4.69, 9.17) is 0 Å². The molecule has 3 atom stereocenters. The predicted octanol–water partition coefficient (Wildman–Crippen LogP) is 0.535. The normalized spacial score (nSPS) is 30.8. The van der Waals surface area contributed by atoms with Gasteiger partial charge < -0.3 is 20.1 Å². The highest BCUT2D eigenvalue weighted by atomic mass is 16.6. The molecule has 2 aliphatic rings. The van der Waals surface area contributed by atoms with Gasteiger partial charge in [0.05, 0.1) is 6.10 Å². The lowest BCUT2D eigenvalue weighted by molar-refractivity contribution is -0.388. The van der Waals surface area contributed by atoms with Gasteiger partial charge in [-0.15, -0.1) is 0 Å². The van der Waals surface area contributed by atoms with Crippen LogP contribution < -0.4 is 4.90 Å². The molecule has 0 aromatic carbocycles. The van der Waals surface area contributed by atoms with Gasteiger partial charge in [0.15, 0.2) is 0 Å². The van der Waals surface area contributed by atoms with Crippen LogP contribution in [-0.4, -0.2) is 38.8 Å². The Morgan fingerprint density at radius 3 is 2.94 bits per heavy atom. The molecule has 18 heavy (non-hydrogen) atoms. The van der Waals surface area contributed by atoms with Crippen molar-refractivity contribution in [3.63, 3.8) is 0 Å². The van der Waals surface area contributed by atoms with Crippen molar-refractivity contribution in [2.75, 3.05) is 18.0 Å². The second-order valence-corrected chi connectivity index (χ2v) is 5.23. The highest BCUT2D eigenvalue weighted by Crippen LogP contribution is 2.41. The van der Waals surface area contributed by atoms with Gasteiger partial charge in [-0.05, 0) is 28.7 Å². The van der Waals surface area contributed by atoms with Crippen LogP contribution in [0.1, 0.15) is 12.8 Å². The Morgan fingerprint density at radius 2 is 2.28 bits per heavy atom. The van der Waals surface area contributed by atoms with Crippen LogP contribution in [0.5, 0.6) is 0 Å². The number of imidazole rings is 1. The summed E-state index contributed by atoms with van der Waals surface area (Å²) < 4.78 is 1.69. The van der Waals surface area contributed by atoms with Crippen LogP contribution in [0.2, 0.25) is 0 Å². The molecule has 0 spiro atoms. The van der Waals surface area contributed by atoms with E-state index in [9.17, 15) is 15.2 Å². The minimum Gasteiger partial charge on any atom is -0.393 e. The highest BCUT2D eigenvalue weighted by molar-refractivity contribution is 5.55. The standard InChI is InChI=1S/C11H16N4O3/c1-13-6-12-10(15(17)18)11(13)14-4-7-2-3-9(16)8(7)5-14/h6-9,16H,2-5H2,1H3. The third kappa shape index (κ3) is 1.58. The summed E-state index contributed by atoms with van der Waals surface area (Å²) >= 11 is 0. The number of aromatic nitrogens is 2. The van der Waals surface area contributed by atoms with Gasteiger partial charge in [0, 0.05) is 26.1 Å². The van der Waals surface area contributed by atoms with Crippen molar-refractivity contribution in [1.29, 1.82) is 0 Å². The van der Waals surface area contributed by atoms with E-state index >= 15 is 0 Å². The molecule has 3 rings (SSSR count). The Balaban J connectivity index is 1.89. The van der Waals surface area contributed by atoms with Gasteiger partial charge in [-0.25, -0.2) is 0 Å². The molecule has 0 radical (unpaired) electrons. The Labute approximate surface area is 104 Å². The molecule has 2 fully saturated rings. The number of hydrogen-bond acceptors (Lipinski definition) is 5. The van der Waals surface area contributed by atoms with Crippen LogP contribution in [0.25, 0.3) is 0 Å². The fourth-order valence-corrected chi connectivity index (χ4v) is 3.31. The molecule has 1 saturated heterocycles. The zero-order valence-corrected chi connectivity index (χ0v) is 10.2. The van der Waals surface area contributed by atoms with Gasteiger partial charge in [0.25, 0.3) is 0 Å². The first kappa shape index (κ1) is 11.5. The summed E-state index contributed by atoms with van der Waals surface area (Å²) in [6.07, 6.45) is 3.08. The van der Waals surface area contributed by atoms with E-state index in [0.717, 1.165) is 19.4 Å². The summed E-state index contributed by atoms with van der Waals surface area (Å²) in [5.41, 5.74) is 0. The molecule has 7 nitrogen and oxygen atoms in total. The first-order valence-electron chi connectivity index (χ1n) is 6.16. The Hall–Kier alpha value is -1.63. The molecule has 1 aliphatic carbocycles. The van der Waals surface area contributed by atoms with Gasteiger partial charge >= 0.3 is 5.82 Å². The molecule has 1 N–H and O–H groups in total. The molecule has 1 aliphatic heterocycles. The van der Waals surface area contributed by atoms with Crippen molar-refractivity contribution >= 4 is 11.6 Å². The number of fused-ring (bicyclic) bond motifs is 1. The van der Waals surface area contributed by atoms with E-state index in [1.807, 2.05) is 4.90 Å². The molecule has 98 valence electrons. The number of aryl methyl sites for hydroxylation is 1. The van der Waals surface area contributed by atoms with E-state index < -0.39 is 4.92 Å². The smallest absolute Gasteiger partial charge is 0.393 e. The zero-order chi connectivity index (χ0) is 12.9. The maximum Gasteiger partial charge on any atom is 0.406 e. The summed E-state index contributed by atoms with van der Waals surface area (Å²) in [7, 11) is 1.76. The van der Waals surface area contributed by atoms with Crippen molar-refractivity contribution in [2.45, 2.75) is 18.9 Å². The molecule has 3 unspecified atom stereocenters. The van der Waals surface area contributed by atoms with Crippen LogP contribution in [0.3, 0.4) is 0 Å². The van der Waals surface area contributed by atoms with Crippen LogP contribution >= 0.6 is 0 Å². The van der Waals surface area contributed by atoms with E-state index in [1.54, 1.807) is 11.6 Å². The summed E-state index contributed by atoms with van der Waals surface area (Å²) in [5.74, 6) is 1.17. The molecule has 0 bridgehead atoms. The minimum atomic E-state index is -0.445. The maximum absolute atomic E-state index is 11.0. The number of aliphatic hydroxyl groups excluding tert-OH is 1. The summed E-state index contributed by atoms with van der Waals surface area (Å²) in [4.78, 5) is 16.3. The van der Waals surface area contributed by atoms with Crippen LogP contribution in [-0.2, 0) is 7.05 Å². The SMILES string of the molecule is Cn1cnc([N+](=O)[O-])c1N1CC2CCC(O)C2C1. The van der Waals surface area contributed by atoms with Gasteiger partial charge in [-0.3, -0.25) is 4.57 Å². The van der Waals surface area contributed by atoms with Crippen molar-refractivity contribution in [3.8, 4) is 0 Å². The monoisotopic (exact) mass is 252 g/mol. The number of rotatable bonds is 2. The van der Waals surface area contributed by atoms with E-state index in [1.165, 1.54) is 6.33 Å². The number of nitrogens with zero attached hydrogens (tertiary/aromatic N) is 4. The average molecular weight is 252 g/mol. The molecule has 1 aromatic heterocycles. The Morgan fingerprint density at radius 1 is 1.50 bits per heavy atom. The lowest BCUT2D eigenvalue weighted by Crippen LogP contribution is -2.26. The molecule has 1 aromatic rings. The van der Waals surface area contributed by atoms with E-state index in [-0.39, 0.29) is 17.8 Å². The average Bonchev–Trinajstić information content (AvgIpc) is 2.95. The predicted molar refractivity (Wildman–Crippen MR) is 64.3 cm³/mol. The quantitative estimate of drug-likeness (QED) is 0.613. The summed E-state index contributed by atoms with van der Waals surface area (Å²) in [6, 6.07) is 0. The molecular formula is C11H16N4O3. The van der Waals surface area contributed by atoms with Gasteiger partial charge in [-0.1, -0.05) is 0 Å².